The van der Waals surface area contributed by atoms with Crippen LogP contribution in [0.2, 0.25) is 0 Å². The van der Waals surface area contributed by atoms with Crippen LogP contribution >= 0.6 is 0 Å². The molecule has 2 aromatic carbocycles. The van der Waals surface area contributed by atoms with Crippen molar-refractivity contribution in [2.45, 2.75) is 31.8 Å². The molecule has 1 aliphatic carbocycles. The standard InChI is InChI=1S/C19H20FNO2/c20-17-7-3-14(4-8-17)11-12-21(18-9-10-18)13-15-1-5-16(6-2-15)19(22)23/h1-8,18H,9-13H2,(H,22,23). The zero-order valence-corrected chi connectivity index (χ0v) is 12.9. The Balaban J connectivity index is 1.60. The van der Waals surface area contributed by atoms with Gasteiger partial charge in [-0.25, -0.2) is 9.18 Å². The van der Waals surface area contributed by atoms with Crippen LogP contribution in [0.5, 0.6) is 0 Å². The van der Waals surface area contributed by atoms with Crippen LogP contribution in [0.15, 0.2) is 48.5 Å². The number of hydrogen-bond acceptors (Lipinski definition) is 2. The maximum Gasteiger partial charge on any atom is 0.335 e. The molecule has 0 unspecified atom stereocenters. The average Bonchev–Trinajstić information content (AvgIpc) is 3.38. The van der Waals surface area contributed by atoms with E-state index in [-0.39, 0.29) is 5.82 Å². The summed E-state index contributed by atoms with van der Waals surface area (Å²) >= 11 is 0. The van der Waals surface area contributed by atoms with Gasteiger partial charge in [0.05, 0.1) is 5.56 Å². The Bertz CT molecular complexity index is 663. The summed E-state index contributed by atoms with van der Waals surface area (Å²) in [5.74, 6) is -1.10. The zero-order valence-electron chi connectivity index (χ0n) is 12.9. The molecule has 0 aromatic heterocycles. The molecule has 0 spiro atoms. The van der Waals surface area contributed by atoms with Crippen molar-refractivity contribution >= 4 is 5.97 Å². The number of rotatable bonds is 7. The van der Waals surface area contributed by atoms with Crippen molar-refractivity contribution in [2.75, 3.05) is 6.54 Å². The smallest absolute Gasteiger partial charge is 0.335 e. The molecule has 0 bridgehead atoms. The van der Waals surface area contributed by atoms with Crippen molar-refractivity contribution in [1.82, 2.24) is 4.90 Å². The lowest BCUT2D eigenvalue weighted by atomic mass is 10.1. The molecule has 23 heavy (non-hydrogen) atoms. The van der Waals surface area contributed by atoms with E-state index in [0.29, 0.717) is 11.6 Å². The summed E-state index contributed by atoms with van der Waals surface area (Å²) in [6, 6.07) is 14.4. The van der Waals surface area contributed by atoms with Crippen LogP contribution in [-0.2, 0) is 13.0 Å². The lowest BCUT2D eigenvalue weighted by molar-refractivity contribution is 0.0697. The van der Waals surface area contributed by atoms with E-state index in [1.165, 1.54) is 25.0 Å². The van der Waals surface area contributed by atoms with Crippen LogP contribution in [0.3, 0.4) is 0 Å². The first-order valence-electron chi connectivity index (χ1n) is 7.92. The van der Waals surface area contributed by atoms with Gasteiger partial charge in [0.1, 0.15) is 5.82 Å². The molecule has 3 nitrogen and oxygen atoms in total. The molecule has 4 heteroatoms. The third-order valence-corrected chi connectivity index (χ3v) is 4.25. The van der Waals surface area contributed by atoms with Crippen molar-refractivity contribution in [3.8, 4) is 0 Å². The van der Waals surface area contributed by atoms with E-state index in [1.54, 1.807) is 12.1 Å². The van der Waals surface area contributed by atoms with Gasteiger partial charge < -0.3 is 5.11 Å². The van der Waals surface area contributed by atoms with Gasteiger partial charge >= 0.3 is 5.97 Å². The van der Waals surface area contributed by atoms with Crippen LogP contribution in [0, 0.1) is 5.82 Å². The van der Waals surface area contributed by atoms with Crippen LogP contribution in [-0.4, -0.2) is 28.6 Å². The predicted octanol–water partition coefficient (Wildman–Crippen LogP) is 3.73. The van der Waals surface area contributed by atoms with Gasteiger partial charge in [-0.05, 0) is 54.7 Å². The maximum atomic E-state index is 12.9. The van der Waals surface area contributed by atoms with Crippen LogP contribution in [0.25, 0.3) is 0 Å². The Labute approximate surface area is 135 Å². The quantitative estimate of drug-likeness (QED) is 0.846. The van der Waals surface area contributed by atoms with Gasteiger partial charge in [-0.3, -0.25) is 4.90 Å². The Hall–Kier alpha value is -2.20. The SMILES string of the molecule is O=C(O)c1ccc(CN(CCc2ccc(F)cc2)C2CC2)cc1. The van der Waals surface area contributed by atoms with Crippen LogP contribution in [0.1, 0.15) is 34.3 Å². The highest BCUT2D eigenvalue weighted by Gasteiger charge is 2.28. The molecule has 2 aromatic rings. The lowest BCUT2D eigenvalue weighted by Gasteiger charge is -2.22. The van der Waals surface area contributed by atoms with Gasteiger partial charge in [0.15, 0.2) is 0 Å². The minimum absolute atomic E-state index is 0.202. The van der Waals surface area contributed by atoms with E-state index in [4.69, 9.17) is 5.11 Å². The first-order chi connectivity index (χ1) is 11.1. The number of aromatic carboxylic acids is 1. The number of carbonyl (C=O) groups is 1. The topological polar surface area (TPSA) is 40.5 Å². The summed E-state index contributed by atoms with van der Waals surface area (Å²) in [5.41, 5.74) is 2.58. The van der Waals surface area contributed by atoms with E-state index >= 15 is 0 Å². The van der Waals surface area contributed by atoms with Crippen molar-refractivity contribution in [3.63, 3.8) is 0 Å². The van der Waals surface area contributed by atoms with Crippen molar-refractivity contribution in [3.05, 3.63) is 71.0 Å². The summed E-state index contributed by atoms with van der Waals surface area (Å²) in [5, 5.41) is 8.95. The van der Waals surface area contributed by atoms with E-state index in [2.05, 4.69) is 4.90 Å². The summed E-state index contributed by atoms with van der Waals surface area (Å²) in [6.45, 7) is 1.75. The fourth-order valence-corrected chi connectivity index (χ4v) is 2.74. The van der Waals surface area contributed by atoms with Crippen molar-refractivity contribution < 1.29 is 14.3 Å². The lowest BCUT2D eigenvalue weighted by Crippen LogP contribution is -2.28. The molecular formula is C19H20FNO2. The maximum absolute atomic E-state index is 12.9. The fourth-order valence-electron chi connectivity index (χ4n) is 2.74. The summed E-state index contributed by atoms with van der Waals surface area (Å²) in [7, 11) is 0. The Morgan fingerprint density at radius 2 is 1.65 bits per heavy atom. The molecule has 1 saturated carbocycles. The van der Waals surface area contributed by atoms with E-state index in [1.807, 2.05) is 24.3 Å². The first kappa shape index (κ1) is 15.7. The van der Waals surface area contributed by atoms with E-state index < -0.39 is 5.97 Å². The molecule has 0 heterocycles. The summed E-state index contributed by atoms with van der Waals surface area (Å²) < 4.78 is 12.9. The number of carboxylic acids is 1. The van der Waals surface area contributed by atoms with Gasteiger partial charge in [-0.1, -0.05) is 24.3 Å². The highest BCUT2D eigenvalue weighted by molar-refractivity contribution is 5.87. The molecule has 3 rings (SSSR count). The number of hydrogen-bond donors (Lipinski definition) is 1. The highest BCUT2D eigenvalue weighted by atomic mass is 19.1. The molecule has 0 saturated heterocycles. The fraction of sp³-hybridized carbons (Fsp3) is 0.316. The molecule has 0 amide bonds. The molecule has 1 aliphatic rings. The second kappa shape index (κ2) is 6.92. The highest BCUT2D eigenvalue weighted by Crippen LogP contribution is 2.28. The number of carboxylic acid groups (broad SMARTS) is 1. The third kappa shape index (κ3) is 4.39. The van der Waals surface area contributed by atoms with Gasteiger partial charge in [0, 0.05) is 19.1 Å². The number of benzene rings is 2. The largest absolute Gasteiger partial charge is 0.478 e. The number of halogens is 1. The van der Waals surface area contributed by atoms with Crippen molar-refractivity contribution in [1.29, 1.82) is 0 Å². The number of nitrogens with zero attached hydrogens (tertiary/aromatic N) is 1. The summed E-state index contributed by atoms with van der Waals surface area (Å²) in [6.07, 6.45) is 3.33. The zero-order chi connectivity index (χ0) is 16.2. The Kier molecular flexibility index (Phi) is 4.72. The van der Waals surface area contributed by atoms with Crippen molar-refractivity contribution in [2.24, 2.45) is 0 Å². The van der Waals surface area contributed by atoms with Crippen LogP contribution < -0.4 is 0 Å². The first-order valence-corrected chi connectivity index (χ1v) is 7.92. The Morgan fingerprint density at radius 3 is 2.22 bits per heavy atom. The molecule has 0 radical (unpaired) electrons. The minimum Gasteiger partial charge on any atom is -0.478 e. The van der Waals surface area contributed by atoms with E-state index in [9.17, 15) is 9.18 Å². The second-order valence-electron chi connectivity index (χ2n) is 6.08. The normalized spacial score (nSPS) is 14.2. The Morgan fingerprint density at radius 1 is 1.04 bits per heavy atom. The van der Waals surface area contributed by atoms with Gasteiger partial charge in [-0.2, -0.15) is 0 Å². The summed E-state index contributed by atoms with van der Waals surface area (Å²) in [4.78, 5) is 13.3. The monoisotopic (exact) mass is 313 g/mol. The molecule has 120 valence electrons. The van der Waals surface area contributed by atoms with E-state index in [0.717, 1.165) is 30.6 Å². The van der Waals surface area contributed by atoms with Gasteiger partial charge in [0.25, 0.3) is 0 Å². The second-order valence-corrected chi connectivity index (χ2v) is 6.08. The van der Waals surface area contributed by atoms with Gasteiger partial charge in [-0.15, -0.1) is 0 Å². The molecule has 1 fully saturated rings. The average molecular weight is 313 g/mol. The molecule has 1 N–H and O–H groups in total. The third-order valence-electron chi connectivity index (χ3n) is 4.25. The minimum atomic E-state index is -0.896. The van der Waals surface area contributed by atoms with Crippen LogP contribution in [0.4, 0.5) is 4.39 Å². The predicted molar refractivity (Wildman–Crippen MR) is 86.9 cm³/mol. The molecular weight excluding hydrogens is 293 g/mol. The molecule has 0 aliphatic heterocycles. The van der Waals surface area contributed by atoms with Gasteiger partial charge in [0.2, 0.25) is 0 Å². The molecule has 0 atom stereocenters.